The van der Waals surface area contributed by atoms with Crippen LogP contribution in [-0.2, 0) is 12.8 Å². The van der Waals surface area contributed by atoms with Gasteiger partial charge in [-0.2, -0.15) is 0 Å². The minimum Gasteiger partial charge on any atom is -0.388 e. The van der Waals surface area contributed by atoms with Crippen LogP contribution in [0.5, 0.6) is 0 Å². The molecule has 0 fully saturated rings. The summed E-state index contributed by atoms with van der Waals surface area (Å²) < 4.78 is 0. The normalized spacial score (nSPS) is 16.8. The van der Waals surface area contributed by atoms with E-state index in [4.69, 9.17) is 0 Å². The maximum Gasteiger partial charge on any atom is 0.0792 e. The fraction of sp³-hybridized carbons (Fsp3) is 0.571. The number of aliphatic hydroxyl groups is 1. The molecule has 1 heteroatoms. The van der Waals surface area contributed by atoms with Crippen molar-refractivity contribution < 1.29 is 5.11 Å². The highest BCUT2D eigenvalue weighted by Crippen LogP contribution is 2.27. The Hall–Kier alpha value is -0.820. The van der Waals surface area contributed by atoms with Crippen molar-refractivity contribution in [2.45, 2.75) is 45.6 Å². The van der Waals surface area contributed by atoms with Crippen molar-refractivity contribution in [2.24, 2.45) is 5.92 Å². The first-order chi connectivity index (χ1) is 7.16. The third-order valence-corrected chi connectivity index (χ3v) is 3.20. The molecule has 0 saturated carbocycles. The molecule has 1 unspecified atom stereocenters. The molecule has 0 bridgehead atoms. The van der Waals surface area contributed by atoms with Crippen LogP contribution in [0, 0.1) is 5.92 Å². The summed E-state index contributed by atoms with van der Waals surface area (Å²) in [7, 11) is 0. The molecule has 0 radical (unpaired) electrons. The highest BCUT2D eigenvalue weighted by atomic mass is 16.3. The summed E-state index contributed by atoms with van der Waals surface area (Å²) in [5, 5.41) is 10.0. The number of hydrogen-bond acceptors (Lipinski definition) is 1. The topological polar surface area (TPSA) is 20.2 Å². The number of hydrogen-bond donors (Lipinski definition) is 1. The van der Waals surface area contributed by atoms with Gasteiger partial charge in [0.25, 0.3) is 0 Å². The van der Waals surface area contributed by atoms with Crippen molar-refractivity contribution in [1.29, 1.82) is 0 Å². The van der Waals surface area contributed by atoms with Gasteiger partial charge in [0.2, 0.25) is 0 Å². The Morgan fingerprint density at radius 2 is 1.93 bits per heavy atom. The molecule has 1 aliphatic carbocycles. The molecule has 0 heterocycles. The van der Waals surface area contributed by atoms with E-state index in [0.29, 0.717) is 5.92 Å². The maximum absolute atomic E-state index is 10.0. The van der Waals surface area contributed by atoms with Gasteiger partial charge in [-0.1, -0.05) is 32.0 Å². The van der Waals surface area contributed by atoms with Gasteiger partial charge in [-0.25, -0.2) is 0 Å². The molecule has 15 heavy (non-hydrogen) atoms. The molecule has 1 aliphatic rings. The van der Waals surface area contributed by atoms with Crippen LogP contribution >= 0.6 is 0 Å². The summed E-state index contributed by atoms with van der Waals surface area (Å²) in [4.78, 5) is 0. The zero-order valence-corrected chi connectivity index (χ0v) is 9.66. The van der Waals surface area contributed by atoms with Crippen LogP contribution in [0.25, 0.3) is 0 Å². The molecule has 1 aromatic rings. The van der Waals surface area contributed by atoms with E-state index in [0.717, 1.165) is 12.0 Å². The standard InChI is InChI=1S/C14H20O/c1-10(2)8-14(15)13-7-6-11-4-3-5-12(11)9-13/h6-7,9-10,14-15H,3-5,8H2,1-2H3. The second-order valence-electron chi connectivity index (χ2n) is 5.03. The van der Waals surface area contributed by atoms with Gasteiger partial charge in [0, 0.05) is 0 Å². The molecule has 82 valence electrons. The molecule has 2 rings (SSSR count). The minimum absolute atomic E-state index is 0.282. The van der Waals surface area contributed by atoms with Gasteiger partial charge in [-0.05, 0) is 48.3 Å². The molecular weight excluding hydrogens is 184 g/mol. The third kappa shape index (κ3) is 2.40. The molecule has 0 amide bonds. The average Bonchev–Trinajstić information content (AvgIpc) is 2.62. The molecule has 1 aromatic carbocycles. The van der Waals surface area contributed by atoms with Crippen LogP contribution in [0.3, 0.4) is 0 Å². The van der Waals surface area contributed by atoms with Crippen LogP contribution in [0.4, 0.5) is 0 Å². The lowest BCUT2D eigenvalue weighted by Crippen LogP contribution is -2.02. The zero-order chi connectivity index (χ0) is 10.8. The van der Waals surface area contributed by atoms with E-state index >= 15 is 0 Å². The lowest BCUT2D eigenvalue weighted by Gasteiger charge is -2.14. The summed E-state index contributed by atoms with van der Waals surface area (Å²) in [5.74, 6) is 0.549. The van der Waals surface area contributed by atoms with Crippen LogP contribution in [0.2, 0.25) is 0 Å². The van der Waals surface area contributed by atoms with Gasteiger partial charge in [-0.15, -0.1) is 0 Å². The van der Waals surface area contributed by atoms with Crippen LogP contribution in [0.1, 0.15) is 49.5 Å². The van der Waals surface area contributed by atoms with Gasteiger partial charge in [-0.3, -0.25) is 0 Å². The monoisotopic (exact) mass is 204 g/mol. The van der Waals surface area contributed by atoms with Crippen LogP contribution in [0.15, 0.2) is 18.2 Å². The van der Waals surface area contributed by atoms with E-state index < -0.39 is 0 Å². The van der Waals surface area contributed by atoms with Gasteiger partial charge in [0.1, 0.15) is 0 Å². The highest BCUT2D eigenvalue weighted by molar-refractivity contribution is 5.36. The SMILES string of the molecule is CC(C)CC(O)c1ccc2c(c1)CCC2. The predicted molar refractivity (Wildman–Crippen MR) is 62.9 cm³/mol. The first-order valence-electron chi connectivity index (χ1n) is 5.96. The lowest BCUT2D eigenvalue weighted by molar-refractivity contribution is 0.151. The van der Waals surface area contributed by atoms with Crippen molar-refractivity contribution in [2.75, 3.05) is 0 Å². The minimum atomic E-state index is -0.282. The third-order valence-electron chi connectivity index (χ3n) is 3.20. The fourth-order valence-corrected chi connectivity index (χ4v) is 2.38. The number of fused-ring (bicyclic) bond motifs is 1. The molecular formula is C14H20O. The summed E-state index contributed by atoms with van der Waals surface area (Å²) in [5.41, 5.74) is 4.04. The molecule has 0 aromatic heterocycles. The van der Waals surface area contributed by atoms with E-state index in [-0.39, 0.29) is 6.10 Å². The predicted octanol–water partition coefficient (Wildman–Crippen LogP) is 3.25. The summed E-state index contributed by atoms with van der Waals surface area (Å²) in [6.45, 7) is 4.30. The van der Waals surface area contributed by atoms with Crippen molar-refractivity contribution in [1.82, 2.24) is 0 Å². The highest BCUT2D eigenvalue weighted by Gasteiger charge is 2.14. The molecule has 0 saturated heterocycles. The van der Waals surface area contributed by atoms with Crippen LogP contribution in [-0.4, -0.2) is 5.11 Å². The second kappa shape index (κ2) is 4.36. The van der Waals surface area contributed by atoms with Gasteiger partial charge >= 0.3 is 0 Å². The van der Waals surface area contributed by atoms with Crippen molar-refractivity contribution >= 4 is 0 Å². The van der Waals surface area contributed by atoms with Gasteiger partial charge in [0.05, 0.1) is 6.10 Å². The second-order valence-corrected chi connectivity index (χ2v) is 5.03. The average molecular weight is 204 g/mol. The van der Waals surface area contributed by atoms with E-state index in [1.807, 2.05) is 0 Å². The first kappa shape index (κ1) is 10.7. The fourth-order valence-electron chi connectivity index (χ4n) is 2.38. The van der Waals surface area contributed by atoms with Gasteiger partial charge in [0.15, 0.2) is 0 Å². The Bertz CT molecular complexity index is 341. The van der Waals surface area contributed by atoms with E-state index in [1.165, 1.54) is 30.4 Å². The van der Waals surface area contributed by atoms with E-state index in [9.17, 15) is 5.11 Å². The number of aryl methyl sites for hydroxylation is 2. The van der Waals surface area contributed by atoms with Crippen molar-refractivity contribution in [3.8, 4) is 0 Å². The van der Waals surface area contributed by atoms with Crippen molar-refractivity contribution in [3.05, 3.63) is 34.9 Å². The van der Waals surface area contributed by atoms with E-state index in [2.05, 4.69) is 32.0 Å². The van der Waals surface area contributed by atoms with Gasteiger partial charge < -0.3 is 5.11 Å². The Morgan fingerprint density at radius 1 is 1.20 bits per heavy atom. The molecule has 1 nitrogen and oxygen atoms in total. The molecule has 1 N–H and O–H groups in total. The Kier molecular flexibility index (Phi) is 3.11. The van der Waals surface area contributed by atoms with Crippen molar-refractivity contribution in [3.63, 3.8) is 0 Å². The molecule has 0 aliphatic heterocycles. The molecule has 1 atom stereocenters. The molecule has 0 spiro atoms. The maximum atomic E-state index is 10.0. The summed E-state index contributed by atoms with van der Waals surface area (Å²) in [6, 6.07) is 6.49. The lowest BCUT2D eigenvalue weighted by atomic mass is 9.97. The largest absolute Gasteiger partial charge is 0.388 e. The zero-order valence-electron chi connectivity index (χ0n) is 9.66. The Balaban J connectivity index is 2.15. The number of benzene rings is 1. The number of aliphatic hydroxyl groups excluding tert-OH is 1. The quantitative estimate of drug-likeness (QED) is 0.801. The Labute approximate surface area is 92.1 Å². The smallest absolute Gasteiger partial charge is 0.0792 e. The van der Waals surface area contributed by atoms with Crippen LogP contribution < -0.4 is 0 Å². The number of rotatable bonds is 3. The summed E-state index contributed by atoms with van der Waals surface area (Å²) >= 11 is 0. The first-order valence-corrected chi connectivity index (χ1v) is 5.96. The van der Waals surface area contributed by atoms with E-state index in [1.54, 1.807) is 0 Å². The summed E-state index contributed by atoms with van der Waals surface area (Å²) in [6.07, 6.45) is 4.27. The Morgan fingerprint density at radius 3 is 2.67 bits per heavy atom.